The van der Waals surface area contributed by atoms with Crippen molar-refractivity contribution in [3.63, 3.8) is 0 Å². The van der Waals surface area contributed by atoms with Gasteiger partial charge in [0.25, 0.3) is 11.8 Å². The second-order valence-corrected chi connectivity index (χ2v) is 40.7. The van der Waals surface area contributed by atoms with Crippen molar-refractivity contribution in [3.05, 3.63) is 0 Å². The van der Waals surface area contributed by atoms with Crippen LogP contribution in [0.5, 0.6) is 0 Å². The van der Waals surface area contributed by atoms with Gasteiger partial charge >= 0.3 is 24.4 Å². The molecular formula is C100H189N9O23. The Balaban J connectivity index is 2.02. The first-order valence-corrected chi connectivity index (χ1v) is 51.9. The summed E-state index contributed by atoms with van der Waals surface area (Å²) in [7, 11) is 0. The third kappa shape index (κ3) is 59.9. The predicted molar refractivity (Wildman–Crippen MR) is 514 cm³/mol. The molecule has 0 radical (unpaired) electrons. The first-order chi connectivity index (χ1) is 62.7. The Bertz CT molecular complexity index is 3080. The molecule has 2 aliphatic rings. The first-order valence-electron chi connectivity index (χ1n) is 51.9. The van der Waals surface area contributed by atoms with Crippen molar-refractivity contribution in [2.45, 2.75) is 545 Å². The molecule has 32 heteroatoms. The second kappa shape index (κ2) is 71.5. The average molecular weight is 1890 g/mol. The number of amides is 9. The molecule has 2 saturated heterocycles. The van der Waals surface area contributed by atoms with E-state index in [-0.39, 0.29) is 69.7 Å². The van der Waals surface area contributed by atoms with Gasteiger partial charge in [0.05, 0.1) is 6.54 Å². The Hall–Kier alpha value is -5.97. The summed E-state index contributed by atoms with van der Waals surface area (Å²) < 4.78 is 33.4. The Morgan fingerprint density at radius 3 is 1.08 bits per heavy atom. The highest BCUT2D eigenvalue weighted by atomic mass is 16.6. The molecule has 2 aliphatic heterocycles. The second-order valence-electron chi connectivity index (χ2n) is 40.7. The summed E-state index contributed by atoms with van der Waals surface area (Å²) >= 11 is 0. The summed E-state index contributed by atoms with van der Waals surface area (Å²) in [5, 5.41) is 106. The van der Waals surface area contributed by atoms with Crippen LogP contribution in [0.2, 0.25) is 0 Å². The number of nitrogens with one attached hydrogen (secondary N) is 9. The van der Waals surface area contributed by atoms with Crippen LogP contribution in [-0.4, -0.2) is 235 Å². The van der Waals surface area contributed by atoms with E-state index in [2.05, 4.69) is 54.8 Å². The van der Waals surface area contributed by atoms with Gasteiger partial charge < -0.3 is 117 Å². The van der Waals surface area contributed by atoms with Gasteiger partial charge in [0.1, 0.15) is 71.1 Å². The molecule has 2 rings (SSSR count). The van der Waals surface area contributed by atoms with Crippen LogP contribution in [0, 0.1) is 5.92 Å². The maximum Gasteiger partial charge on any atom is 0.407 e. The minimum Gasteiger partial charge on any atom is -0.444 e. The van der Waals surface area contributed by atoms with Crippen LogP contribution in [0.15, 0.2) is 0 Å². The maximum absolute atomic E-state index is 14.3. The number of alkyl carbamates (subject to hydrolysis) is 4. The Morgan fingerprint density at radius 2 is 0.667 bits per heavy atom. The quantitative estimate of drug-likeness (QED) is 0.0199. The molecule has 132 heavy (non-hydrogen) atoms. The van der Waals surface area contributed by atoms with E-state index in [0.29, 0.717) is 45.1 Å². The van der Waals surface area contributed by atoms with Gasteiger partial charge in [-0.2, -0.15) is 0 Å². The number of unbranched alkanes of at least 4 members (excludes halogenated alkanes) is 42. The molecule has 0 bridgehead atoms. The van der Waals surface area contributed by atoms with E-state index in [9.17, 15) is 84.0 Å². The molecule has 0 aromatic carbocycles. The highest BCUT2D eigenvalue weighted by molar-refractivity contribution is 5.91. The smallest absolute Gasteiger partial charge is 0.407 e. The van der Waals surface area contributed by atoms with Gasteiger partial charge in [-0.15, -0.1) is 0 Å². The van der Waals surface area contributed by atoms with Crippen LogP contribution in [0.1, 0.15) is 437 Å². The lowest BCUT2D eigenvalue weighted by atomic mass is 9.93. The molecule has 0 saturated carbocycles. The summed E-state index contributed by atoms with van der Waals surface area (Å²) in [6.07, 6.45) is 33.5. The first kappa shape index (κ1) is 122. The van der Waals surface area contributed by atoms with E-state index < -0.39 is 150 Å². The van der Waals surface area contributed by atoms with Crippen LogP contribution in [0.4, 0.5) is 19.2 Å². The molecule has 0 aromatic heterocycles. The number of ether oxygens (including phenoxy) is 6. The van der Waals surface area contributed by atoms with Gasteiger partial charge in [0, 0.05) is 57.5 Å². The summed E-state index contributed by atoms with van der Waals surface area (Å²) in [5.41, 5.74) is -3.88. The average Bonchev–Trinajstić information content (AvgIpc) is 0.813. The summed E-state index contributed by atoms with van der Waals surface area (Å²) in [6.45, 7) is 24.4. The highest BCUT2D eigenvalue weighted by Crippen LogP contribution is 2.28. The number of carbonyl (C=O) groups excluding carboxylic acids is 9. The van der Waals surface area contributed by atoms with Crippen molar-refractivity contribution in [1.82, 2.24) is 47.9 Å². The van der Waals surface area contributed by atoms with Crippen molar-refractivity contribution < 1.29 is 112 Å². The summed E-state index contributed by atoms with van der Waals surface area (Å²) in [5.74, 6) is -3.13. The lowest BCUT2D eigenvalue weighted by molar-refractivity contribution is -0.275. The normalized spacial score (nSPS) is 20.4. The molecule has 16 unspecified atom stereocenters. The van der Waals surface area contributed by atoms with Crippen LogP contribution in [-0.2, 0) is 52.4 Å². The Labute approximate surface area is 793 Å². The molecule has 17 N–H and O–H groups in total. The van der Waals surface area contributed by atoms with Gasteiger partial charge in [0.15, 0.2) is 24.8 Å². The standard InChI is InChI=1S/C100H189N9O23/c1-14-17-18-19-20-21-22-23-24-25-26-30-33-36-39-42-45-48-51-57-64-76(109-90(120)86-82(114)80(112)84(116)92(122)128-86)87(117)103-71-77(108-78(110)65-58-52-49-46-43-40-37-34-31-28-27-29-32-35-38-41-44-47-50-54-59-67-102-89(119)85-81(113)79(111)83(115)91(121)127-85)88(118)101-66-60-55-53-56-63-73(4)70-104-93(123)132-100(13,69-75(62-16-3)107-96(126)130-98(8,9)10)72-105-94(124)131-99(11,12)68-74(61-15-2)106-95(125)129-97(5,6)7/h73-77,79-86,91-92,111-116,121-122H,14-72H2,1-13H3,(H,101,118)(H,102,119)(H,103,117)(H,104,123)(H,105,124)(H,106,125)(H,107,126)(H,108,110)(H,109,120). The van der Waals surface area contributed by atoms with E-state index >= 15 is 0 Å². The molecule has 16 atom stereocenters. The number of aliphatic hydroxyl groups is 8. The SMILES string of the molecule is CCCCCCCCCCCCCCCCCCCCCCC(NC(=O)C1OC(O)C(O)C(O)C1O)C(=O)NCC(NC(=O)CCCCCCCCCCCCCCCCCCCCCCCNC(=O)C1OC(O)C(O)C(O)C1O)C(=O)NCCCCCCC(C)CNC(=O)OC(C)(CNC(=O)OC(C)(C)CC(CCC)NC(=O)OC(C)(C)C)CC(CCC)NC(=O)OC(C)(C)C. The zero-order valence-electron chi connectivity index (χ0n) is 84.1. The molecule has 2 heterocycles. The monoisotopic (exact) mass is 1880 g/mol. The fraction of sp³-hybridized carbons (Fsp3) is 0.910. The number of rotatable bonds is 76. The summed E-state index contributed by atoms with van der Waals surface area (Å²) in [6, 6.07) is -3.26. The van der Waals surface area contributed by atoms with Crippen LogP contribution < -0.4 is 47.9 Å². The fourth-order valence-electron chi connectivity index (χ4n) is 17.0. The molecule has 9 amide bonds. The molecule has 0 aliphatic carbocycles. The fourth-order valence-corrected chi connectivity index (χ4v) is 17.0. The third-order valence-corrected chi connectivity index (χ3v) is 24.6. The zero-order chi connectivity index (χ0) is 98.2. The van der Waals surface area contributed by atoms with Crippen molar-refractivity contribution in [2.75, 3.05) is 32.7 Å². The molecule has 0 aromatic rings. The maximum atomic E-state index is 14.3. The van der Waals surface area contributed by atoms with Crippen molar-refractivity contribution in [2.24, 2.45) is 5.92 Å². The minimum atomic E-state index is -1.99. The molecular weight excluding hydrogens is 1700 g/mol. The van der Waals surface area contributed by atoms with Crippen LogP contribution in [0.3, 0.4) is 0 Å². The van der Waals surface area contributed by atoms with E-state index in [0.717, 1.165) is 122 Å². The van der Waals surface area contributed by atoms with Gasteiger partial charge in [-0.25, -0.2) is 19.2 Å². The predicted octanol–water partition coefficient (Wildman–Crippen LogP) is 15.4. The zero-order valence-corrected chi connectivity index (χ0v) is 84.1. The van der Waals surface area contributed by atoms with Gasteiger partial charge in [-0.05, 0) is 113 Å². The van der Waals surface area contributed by atoms with Crippen LogP contribution in [0.25, 0.3) is 0 Å². The van der Waals surface area contributed by atoms with E-state index in [1.807, 2.05) is 20.8 Å². The molecule has 2 fully saturated rings. The Kier molecular flexibility index (Phi) is 66.1. The lowest BCUT2D eigenvalue weighted by Gasteiger charge is -2.37. The topological polar surface area (TPSA) is 479 Å². The van der Waals surface area contributed by atoms with Gasteiger partial charge in [-0.1, -0.05) is 310 Å². The van der Waals surface area contributed by atoms with E-state index in [4.69, 9.17) is 28.4 Å². The number of hydrogen-bond acceptors (Lipinski definition) is 23. The number of aliphatic hydroxyl groups excluding tert-OH is 8. The molecule has 0 spiro atoms. The van der Waals surface area contributed by atoms with Gasteiger partial charge in [0.2, 0.25) is 17.7 Å². The van der Waals surface area contributed by atoms with Crippen molar-refractivity contribution >= 4 is 53.9 Å². The van der Waals surface area contributed by atoms with Crippen molar-refractivity contribution in [3.8, 4) is 0 Å². The number of carbonyl (C=O) groups is 9. The lowest BCUT2D eigenvalue weighted by Crippen LogP contribution is -2.63. The van der Waals surface area contributed by atoms with Gasteiger partial charge in [-0.3, -0.25) is 24.0 Å². The van der Waals surface area contributed by atoms with E-state index in [1.165, 1.54) is 161 Å². The van der Waals surface area contributed by atoms with Crippen molar-refractivity contribution in [1.29, 1.82) is 0 Å². The Morgan fingerprint density at radius 1 is 0.311 bits per heavy atom. The largest absolute Gasteiger partial charge is 0.444 e. The van der Waals surface area contributed by atoms with Crippen LogP contribution >= 0.6 is 0 Å². The number of hydrogen-bond donors (Lipinski definition) is 17. The van der Waals surface area contributed by atoms with E-state index in [1.54, 1.807) is 62.3 Å². The molecule has 772 valence electrons. The third-order valence-electron chi connectivity index (χ3n) is 24.6. The minimum absolute atomic E-state index is 0.0183. The summed E-state index contributed by atoms with van der Waals surface area (Å²) in [4.78, 5) is 122. The molecule has 32 nitrogen and oxygen atoms in total. The highest BCUT2D eigenvalue weighted by Gasteiger charge is 2.48.